The van der Waals surface area contributed by atoms with Gasteiger partial charge in [-0.25, -0.2) is 4.98 Å². The van der Waals surface area contributed by atoms with E-state index in [9.17, 15) is 0 Å². The number of nitrogens with zero attached hydrogens (tertiary/aromatic N) is 4. The van der Waals surface area contributed by atoms with Gasteiger partial charge in [0.25, 0.3) is 5.78 Å². The van der Waals surface area contributed by atoms with Crippen LogP contribution < -0.4 is 4.74 Å². The lowest BCUT2D eigenvalue weighted by Crippen LogP contribution is -2.00. The monoisotopic (exact) mass is 358 g/mol. The van der Waals surface area contributed by atoms with Gasteiger partial charge in [-0.3, -0.25) is 4.40 Å². The van der Waals surface area contributed by atoms with Gasteiger partial charge in [0.05, 0.1) is 43.6 Å². The number of methoxy groups -OCH3 is 1. The maximum Gasteiger partial charge on any atom is 0.254 e. The molecular formula is C20H14N4O3. The van der Waals surface area contributed by atoms with Crippen LogP contribution in [-0.4, -0.2) is 26.7 Å². The van der Waals surface area contributed by atoms with Crippen molar-refractivity contribution in [1.82, 2.24) is 19.6 Å². The van der Waals surface area contributed by atoms with E-state index in [1.54, 1.807) is 32.2 Å². The molecule has 0 aliphatic rings. The van der Waals surface area contributed by atoms with E-state index >= 15 is 0 Å². The molecule has 0 spiro atoms. The zero-order valence-electron chi connectivity index (χ0n) is 14.4. The van der Waals surface area contributed by atoms with Gasteiger partial charge in [-0.15, -0.1) is 10.2 Å². The number of hydrogen-bond donors (Lipinski definition) is 0. The van der Waals surface area contributed by atoms with Crippen LogP contribution in [-0.2, 0) is 0 Å². The average molecular weight is 358 g/mol. The number of ether oxygens (including phenoxy) is 1. The quantitative estimate of drug-likeness (QED) is 0.476. The van der Waals surface area contributed by atoms with Crippen molar-refractivity contribution in [3.05, 3.63) is 67.6 Å². The van der Waals surface area contributed by atoms with Crippen molar-refractivity contribution in [3.8, 4) is 39.5 Å². The van der Waals surface area contributed by atoms with E-state index in [-0.39, 0.29) is 0 Å². The summed E-state index contributed by atoms with van der Waals surface area (Å²) in [5, 5.41) is 8.68. The van der Waals surface area contributed by atoms with E-state index in [0.717, 1.165) is 33.8 Å². The molecule has 5 rings (SSSR count). The van der Waals surface area contributed by atoms with E-state index in [1.165, 1.54) is 0 Å². The summed E-state index contributed by atoms with van der Waals surface area (Å²) in [6.07, 6.45) is 8.49. The predicted molar refractivity (Wildman–Crippen MR) is 98.2 cm³/mol. The fraction of sp³-hybridized carbons (Fsp3) is 0.0500. The van der Waals surface area contributed by atoms with Crippen molar-refractivity contribution >= 4 is 5.78 Å². The number of hydrogen-bond acceptors (Lipinski definition) is 6. The van der Waals surface area contributed by atoms with Crippen LogP contribution in [0.5, 0.6) is 5.75 Å². The van der Waals surface area contributed by atoms with Gasteiger partial charge in [0.15, 0.2) is 0 Å². The summed E-state index contributed by atoms with van der Waals surface area (Å²) >= 11 is 0. The number of rotatable bonds is 4. The molecule has 0 atom stereocenters. The molecule has 4 heterocycles. The first-order chi connectivity index (χ1) is 13.3. The summed E-state index contributed by atoms with van der Waals surface area (Å²) in [5.74, 6) is 1.30. The normalized spacial score (nSPS) is 11.1. The maximum atomic E-state index is 5.29. The van der Waals surface area contributed by atoms with Crippen LogP contribution in [0.2, 0.25) is 0 Å². The van der Waals surface area contributed by atoms with Crippen LogP contribution in [0.25, 0.3) is 39.5 Å². The minimum atomic E-state index is 0.504. The Hall–Kier alpha value is -3.87. The van der Waals surface area contributed by atoms with Crippen LogP contribution in [0.15, 0.2) is 76.5 Å². The smallest absolute Gasteiger partial charge is 0.254 e. The standard InChI is InChI=1S/C20H14N4O3/c1-25-16-4-2-13(3-5-16)17-10-24-19(15-7-9-27-12-15)18(14-6-8-26-11-14)22-23-20(24)21-17/h2-12H,1H3. The third-order valence-electron chi connectivity index (χ3n) is 4.37. The summed E-state index contributed by atoms with van der Waals surface area (Å²) in [6.45, 7) is 0. The van der Waals surface area contributed by atoms with Crippen LogP contribution in [0, 0.1) is 0 Å². The molecule has 4 aromatic heterocycles. The molecule has 0 saturated carbocycles. The van der Waals surface area contributed by atoms with E-state index in [4.69, 9.17) is 13.6 Å². The largest absolute Gasteiger partial charge is 0.497 e. The minimum absolute atomic E-state index is 0.504. The van der Waals surface area contributed by atoms with Crippen molar-refractivity contribution in [3.63, 3.8) is 0 Å². The molecule has 0 unspecified atom stereocenters. The highest BCUT2D eigenvalue weighted by Gasteiger charge is 2.18. The molecule has 0 N–H and O–H groups in total. The molecule has 0 radical (unpaired) electrons. The first kappa shape index (κ1) is 15.4. The molecule has 0 saturated heterocycles. The number of fused-ring (bicyclic) bond motifs is 1. The van der Waals surface area contributed by atoms with Crippen molar-refractivity contribution in [2.75, 3.05) is 7.11 Å². The van der Waals surface area contributed by atoms with Crippen molar-refractivity contribution in [2.45, 2.75) is 0 Å². The molecule has 1 aromatic carbocycles. The highest BCUT2D eigenvalue weighted by atomic mass is 16.5. The molecule has 7 nitrogen and oxygen atoms in total. The highest BCUT2D eigenvalue weighted by Crippen LogP contribution is 2.32. The van der Waals surface area contributed by atoms with E-state index in [0.29, 0.717) is 11.5 Å². The number of imidazole rings is 1. The molecular weight excluding hydrogens is 344 g/mol. The summed E-state index contributed by atoms with van der Waals surface area (Å²) in [6, 6.07) is 11.5. The Balaban J connectivity index is 1.73. The van der Waals surface area contributed by atoms with Gasteiger partial charge < -0.3 is 13.6 Å². The third-order valence-corrected chi connectivity index (χ3v) is 4.37. The average Bonchev–Trinajstić information content (AvgIpc) is 3.48. The van der Waals surface area contributed by atoms with Gasteiger partial charge in [-0.05, 0) is 36.4 Å². The van der Waals surface area contributed by atoms with E-state index in [1.807, 2.05) is 47.0 Å². The molecule has 5 aromatic rings. The van der Waals surface area contributed by atoms with Crippen LogP contribution >= 0.6 is 0 Å². The zero-order valence-corrected chi connectivity index (χ0v) is 14.4. The van der Waals surface area contributed by atoms with Crippen LogP contribution in [0.1, 0.15) is 0 Å². The highest BCUT2D eigenvalue weighted by molar-refractivity contribution is 5.79. The molecule has 0 bridgehead atoms. The minimum Gasteiger partial charge on any atom is -0.497 e. The molecule has 0 aliphatic carbocycles. The van der Waals surface area contributed by atoms with E-state index < -0.39 is 0 Å². The van der Waals surface area contributed by atoms with Crippen molar-refractivity contribution in [2.24, 2.45) is 0 Å². The fourth-order valence-corrected chi connectivity index (χ4v) is 3.03. The Morgan fingerprint density at radius 1 is 0.852 bits per heavy atom. The van der Waals surface area contributed by atoms with Gasteiger partial charge in [-0.2, -0.15) is 0 Å². The molecule has 0 fully saturated rings. The summed E-state index contributed by atoms with van der Waals surface area (Å²) in [5.41, 5.74) is 4.99. The molecule has 0 amide bonds. The van der Waals surface area contributed by atoms with Gasteiger partial charge in [0.2, 0.25) is 0 Å². The van der Waals surface area contributed by atoms with Crippen LogP contribution in [0.4, 0.5) is 0 Å². The molecule has 7 heteroatoms. The second-order valence-corrected chi connectivity index (χ2v) is 5.95. The van der Waals surface area contributed by atoms with Gasteiger partial charge >= 0.3 is 0 Å². The van der Waals surface area contributed by atoms with Gasteiger partial charge in [0, 0.05) is 22.9 Å². The Kier molecular flexibility index (Phi) is 3.50. The first-order valence-electron chi connectivity index (χ1n) is 8.29. The van der Waals surface area contributed by atoms with Crippen LogP contribution in [0.3, 0.4) is 0 Å². The molecule has 0 aliphatic heterocycles. The van der Waals surface area contributed by atoms with E-state index in [2.05, 4.69) is 15.2 Å². The predicted octanol–water partition coefficient (Wildman–Crippen LogP) is 4.32. The first-order valence-corrected chi connectivity index (χ1v) is 8.29. The summed E-state index contributed by atoms with van der Waals surface area (Å²) in [7, 11) is 1.64. The molecule has 132 valence electrons. The lowest BCUT2D eigenvalue weighted by molar-refractivity contribution is 0.415. The number of aromatic nitrogens is 4. The third kappa shape index (κ3) is 2.56. The summed E-state index contributed by atoms with van der Waals surface area (Å²) < 4.78 is 17.6. The zero-order chi connectivity index (χ0) is 18.2. The second-order valence-electron chi connectivity index (χ2n) is 5.95. The Morgan fingerprint density at radius 2 is 1.59 bits per heavy atom. The number of furan rings is 2. The lowest BCUT2D eigenvalue weighted by atomic mass is 10.1. The summed E-state index contributed by atoms with van der Waals surface area (Å²) in [4.78, 5) is 4.63. The Bertz CT molecular complexity index is 1190. The van der Waals surface area contributed by atoms with Crippen molar-refractivity contribution in [1.29, 1.82) is 0 Å². The fourth-order valence-electron chi connectivity index (χ4n) is 3.03. The number of benzene rings is 1. The second kappa shape index (κ2) is 6.14. The lowest BCUT2D eigenvalue weighted by Gasteiger charge is -2.06. The van der Waals surface area contributed by atoms with Gasteiger partial charge in [0.1, 0.15) is 11.4 Å². The Labute approximate surface area is 153 Å². The van der Waals surface area contributed by atoms with Crippen molar-refractivity contribution < 1.29 is 13.6 Å². The SMILES string of the molecule is COc1ccc(-c2cn3c(-c4ccoc4)c(-c4ccoc4)nnc3n2)cc1. The maximum absolute atomic E-state index is 5.29. The van der Waals surface area contributed by atoms with Gasteiger partial charge in [-0.1, -0.05) is 0 Å². The topological polar surface area (TPSA) is 78.6 Å². The molecule has 27 heavy (non-hydrogen) atoms. The Morgan fingerprint density at radius 3 is 2.26 bits per heavy atom.